The van der Waals surface area contributed by atoms with Gasteiger partial charge in [0, 0.05) is 19.9 Å². The molecule has 5 rings (SSSR count). The molecule has 0 atom stereocenters. The molecule has 0 N–H and O–H groups in total. The average Bonchev–Trinajstić information content (AvgIpc) is 3.33. The van der Waals surface area contributed by atoms with Gasteiger partial charge in [0.2, 0.25) is 5.82 Å². The van der Waals surface area contributed by atoms with Gasteiger partial charge in [-0.25, -0.2) is 4.98 Å². The van der Waals surface area contributed by atoms with E-state index < -0.39 is 0 Å². The molecule has 192 valence electrons. The van der Waals surface area contributed by atoms with E-state index in [1.807, 2.05) is 37.3 Å². The Bertz CT molecular complexity index is 1780. The number of fused-ring (bicyclic) bond motifs is 2. The van der Waals surface area contributed by atoms with Gasteiger partial charge < -0.3 is 13.9 Å². The van der Waals surface area contributed by atoms with Gasteiger partial charge in [-0.2, -0.15) is 9.78 Å². The molecule has 0 bridgehead atoms. The Kier molecular flexibility index (Phi) is 7.83. The number of hydrogen-bond acceptors (Lipinski definition) is 6. The van der Waals surface area contributed by atoms with E-state index in [4.69, 9.17) is 18.9 Å². The molecule has 3 aromatic carbocycles. The van der Waals surface area contributed by atoms with Crippen molar-refractivity contribution in [2.45, 2.75) is 6.92 Å². The van der Waals surface area contributed by atoms with Gasteiger partial charge in [-0.05, 0) is 81.2 Å². The van der Waals surface area contributed by atoms with Gasteiger partial charge in [-0.15, -0.1) is 0 Å². The summed E-state index contributed by atoms with van der Waals surface area (Å²) in [4.78, 5) is 18.3. The third kappa shape index (κ3) is 5.08. The highest BCUT2D eigenvalue weighted by atomic mass is 79.9. The van der Waals surface area contributed by atoms with Crippen LogP contribution in [0.25, 0.3) is 33.5 Å². The van der Waals surface area contributed by atoms with Crippen LogP contribution in [0.2, 0.25) is 0 Å². The molecule has 2 aromatic heterocycles. The molecule has 0 aliphatic carbocycles. The van der Waals surface area contributed by atoms with Crippen LogP contribution in [0, 0.1) is 0 Å². The maximum absolute atomic E-state index is 13.6. The van der Waals surface area contributed by atoms with Crippen molar-refractivity contribution in [3.05, 3.63) is 96.6 Å². The fourth-order valence-corrected chi connectivity index (χ4v) is 5.19. The van der Waals surface area contributed by atoms with E-state index in [1.54, 1.807) is 36.6 Å². The molecule has 0 saturated carbocycles. The lowest BCUT2D eigenvalue weighted by molar-refractivity contribution is 0.295. The minimum atomic E-state index is -0.324. The fraction of sp³-hybridized carbons (Fsp3) is 0.107. The first-order chi connectivity index (χ1) is 18.4. The van der Waals surface area contributed by atoms with Crippen LogP contribution in [0.4, 0.5) is 0 Å². The summed E-state index contributed by atoms with van der Waals surface area (Å²) in [6.07, 6.45) is 3.22. The van der Waals surface area contributed by atoms with E-state index in [0.717, 1.165) is 9.86 Å². The highest BCUT2D eigenvalue weighted by molar-refractivity contribution is 9.13. The summed E-state index contributed by atoms with van der Waals surface area (Å²) in [7, 11) is 0. The molecule has 0 saturated heterocycles. The van der Waals surface area contributed by atoms with Crippen LogP contribution < -0.4 is 15.0 Å². The summed E-state index contributed by atoms with van der Waals surface area (Å²) in [5.41, 5.74) is 1.55. The molecule has 0 unspecified atom stereocenters. The molecule has 0 aliphatic rings. The van der Waals surface area contributed by atoms with Crippen molar-refractivity contribution in [2.75, 3.05) is 13.2 Å². The number of hydrogen-bond donors (Lipinski definition) is 0. The maximum atomic E-state index is 13.6. The number of benzene rings is 3. The van der Waals surface area contributed by atoms with Gasteiger partial charge >= 0.3 is 0 Å². The standard InChI is InChI=1S/C28H20Br3N3O4/c1-3-11-37-26-22(36-4-2)14-17(24(30)25(26)31)15-32-34-27(33-20-8-6-5-7-19(20)28(34)35)23-13-16-12-18(29)9-10-21(16)38-23/h3,5-10,12-15H,1,4,11H2,2H3. The Morgan fingerprint density at radius 1 is 1.08 bits per heavy atom. The zero-order chi connectivity index (χ0) is 26.8. The highest BCUT2D eigenvalue weighted by Crippen LogP contribution is 2.42. The van der Waals surface area contributed by atoms with Crippen LogP contribution in [0.1, 0.15) is 12.5 Å². The first-order valence-corrected chi connectivity index (χ1v) is 13.9. The smallest absolute Gasteiger partial charge is 0.282 e. The Balaban J connectivity index is 1.68. The van der Waals surface area contributed by atoms with Crippen LogP contribution in [0.15, 0.2) is 95.0 Å². The third-order valence-corrected chi connectivity index (χ3v) is 8.20. The number of halogens is 3. The van der Waals surface area contributed by atoms with Gasteiger partial charge in [0.1, 0.15) is 12.2 Å². The van der Waals surface area contributed by atoms with Crippen LogP contribution in [-0.4, -0.2) is 29.1 Å². The molecule has 5 aromatic rings. The first-order valence-electron chi connectivity index (χ1n) is 11.5. The van der Waals surface area contributed by atoms with Crippen molar-refractivity contribution in [2.24, 2.45) is 5.10 Å². The minimum Gasteiger partial charge on any atom is -0.490 e. The normalized spacial score (nSPS) is 11.5. The third-order valence-electron chi connectivity index (χ3n) is 5.57. The SMILES string of the molecule is C=CCOc1c(OCC)cc(C=Nn2c(-c3cc4cc(Br)ccc4o3)nc3ccccc3c2=O)c(Br)c1Br. The van der Waals surface area contributed by atoms with E-state index in [1.165, 1.54) is 4.68 Å². The van der Waals surface area contributed by atoms with E-state index in [9.17, 15) is 4.79 Å². The summed E-state index contributed by atoms with van der Waals surface area (Å²) in [6.45, 7) is 6.34. The van der Waals surface area contributed by atoms with E-state index >= 15 is 0 Å². The fourth-order valence-electron chi connectivity index (χ4n) is 3.87. The van der Waals surface area contributed by atoms with Gasteiger partial charge in [-0.1, -0.05) is 40.7 Å². The maximum Gasteiger partial charge on any atom is 0.282 e. The van der Waals surface area contributed by atoms with E-state index in [0.29, 0.717) is 61.5 Å². The zero-order valence-corrected chi connectivity index (χ0v) is 24.8. The van der Waals surface area contributed by atoms with Gasteiger partial charge in [0.15, 0.2) is 17.3 Å². The lowest BCUT2D eigenvalue weighted by Gasteiger charge is -2.15. The highest BCUT2D eigenvalue weighted by Gasteiger charge is 2.19. The lowest BCUT2D eigenvalue weighted by Crippen LogP contribution is -2.20. The molecule has 0 spiro atoms. The molecule has 0 aliphatic heterocycles. The Morgan fingerprint density at radius 2 is 1.89 bits per heavy atom. The predicted octanol–water partition coefficient (Wildman–Crippen LogP) is 7.94. The molecule has 7 nitrogen and oxygen atoms in total. The number of rotatable bonds is 8. The predicted molar refractivity (Wildman–Crippen MR) is 161 cm³/mol. The summed E-state index contributed by atoms with van der Waals surface area (Å²) < 4.78 is 21.2. The molecule has 38 heavy (non-hydrogen) atoms. The van der Waals surface area contributed by atoms with Crippen molar-refractivity contribution in [1.29, 1.82) is 0 Å². The molecule has 0 radical (unpaired) electrons. The zero-order valence-electron chi connectivity index (χ0n) is 20.1. The number of ether oxygens (including phenoxy) is 2. The summed E-state index contributed by atoms with van der Waals surface area (Å²) in [5, 5.41) is 5.88. The van der Waals surface area contributed by atoms with Crippen LogP contribution in [0.3, 0.4) is 0 Å². The van der Waals surface area contributed by atoms with Gasteiger partial charge in [0.05, 0.1) is 28.2 Å². The molecule has 0 amide bonds. The molecular formula is C28H20Br3N3O4. The summed E-state index contributed by atoms with van der Waals surface area (Å²) in [6, 6.07) is 16.5. The molecule has 0 fully saturated rings. The van der Waals surface area contributed by atoms with Crippen LogP contribution in [0.5, 0.6) is 11.5 Å². The minimum absolute atomic E-state index is 0.281. The van der Waals surface area contributed by atoms with Crippen LogP contribution >= 0.6 is 47.8 Å². The monoisotopic (exact) mass is 699 g/mol. The van der Waals surface area contributed by atoms with Crippen molar-refractivity contribution < 1.29 is 13.9 Å². The Labute approximate surface area is 243 Å². The number of para-hydroxylation sites is 1. The second-order valence-corrected chi connectivity index (χ2v) is 10.6. The summed E-state index contributed by atoms with van der Waals surface area (Å²) >= 11 is 10.7. The number of nitrogens with zero attached hydrogens (tertiary/aromatic N) is 3. The second-order valence-electron chi connectivity index (χ2n) is 8.06. The Hall–Kier alpha value is -3.21. The van der Waals surface area contributed by atoms with Gasteiger partial charge in [0.25, 0.3) is 5.56 Å². The topological polar surface area (TPSA) is 78.8 Å². The molecular weight excluding hydrogens is 682 g/mol. The average molecular weight is 702 g/mol. The largest absolute Gasteiger partial charge is 0.490 e. The molecule has 2 heterocycles. The van der Waals surface area contributed by atoms with Crippen molar-refractivity contribution in [3.8, 4) is 23.1 Å². The van der Waals surface area contributed by atoms with Crippen LogP contribution in [-0.2, 0) is 0 Å². The Morgan fingerprint density at radius 3 is 2.68 bits per heavy atom. The van der Waals surface area contributed by atoms with Crippen molar-refractivity contribution >= 4 is 75.9 Å². The van der Waals surface area contributed by atoms with E-state index in [-0.39, 0.29) is 11.4 Å². The number of aromatic nitrogens is 2. The van der Waals surface area contributed by atoms with Gasteiger partial charge in [-0.3, -0.25) is 4.79 Å². The first kappa shape index (κ1) is 26.4. The molecule has 10 heteroatoms. The quantitative estimate of drug-likeness (QED) is 0.121. The van der Waals surface area contributed by atoms with E-state index in [2.05, 4.69) is 59.5 Å². The second kappa shape index (κ2) is 11.3. The number of furan rings is 1. The summed E-state index contributed by atoms with van der Waals surface area (Å²) in [5.74, 6) is 1.76. The lowest BCUT2D eigenvalue weighted by atomic mass is 10.2. The van der Waals surface area contributed by atoms with Crippen molar-refractivity contribution in [3.63, 3.8) is 0 Å². The van der Waals surface area contributed by atoms with Crippen molar-refractivity contribution in [1.82, 2.24) is 9.66 Å².